The van der Waals surface area contributed by atoms with Crippen LogP contribution in [0.15, 0.2) is 45.2 Å². The molecule has 128 valence electrons. The van der Waals surface area contributed by atoms with Gasteiger partial charge in [0.2, 0.25) is 0 Å². The monoisotopic (exact) mass is 350 g/mol. The van der Waals surface area contributed by atoms with E-state index in [0.29, 0.717) is 18.7 Å². The maximum absolute atomic E-state index is 11.4. The minimum Gasteiger partial charge on any atom is -0.399 e. The third-order valence-corrected chi connectivity index (χ3v) is 3.68. The molecule has 24 heavy (non-hydrogen) atoms. The average molecular weight is 351 g/mol. The Hall–Kier alpha value is -2.78. The second-order valence-electron chi connectivity index (χ2n) is 5.08. The lowest BCUT2D eigenvalue weighted by Crippen LogP contribution is -2.58. The average Bonchev–Trinajstić information content (AvgIpc) is 2.52. The Morgan fingerprint density at radius 3 is 2.46 bits per heavy atom. The number of rotatable bonds is 4. The van der Waals surface area contributed by atoms with Gasteiger partial charge < -0.3 is 28.7 Å². The minimum atomic E-state index is -1.05. The SMILES string of the molecule is NC(=O)C1=NC(Cl)=C(N)N(C(N)=NCCc2ccc(N)cc2)C1N. The lowest BCUT2D eigenvalue weighted by Gasteiger charge is -2.32. The van der Waals surface area contributed by atoms with Gasteiger partial charge in [0.05, 0.1) is 0 Å². The van der Waals surface area contributed by atoms with Crippen LogP contribution in [0, 0.1) is 0 Å². The Morgan fingerprint density at radius 1 is 1.25 bits per heavy atom. The van der Waals surface area contributed by atoms with Gasteiger partial charge in [-0.15, -0.1) is 0 Å². The molecule has 1 unspecified atom stereocenters. The smallest absolute Gasteiger partial charge is 0.266 e. The van der Waals surface area contributed by atoms with E-state index < -0.39 is 12.1 Å². The number of benzene rings is 1. The fraction of sp³-hybridized carbons (Fsp3) is 0.214. The van der Waals surface area contributed by atoms with Crippen LogP contribution in [0.3, 0.4) is 0 Å². The number of nitrogen functional groups attached to an aromatic ring is 1. The number of anilines is 1. The summed E-state index contributed by atoms with van der Waals surface area (Å²) in [5.74, 6) is -0.794. The van der Waals surface area contributed by atoms with Crippen LogP contribution in [0.5, 0.6) is 0 Å². The highest BCUT2D eigenvalue weighted by molar-refractivity contribution is 6.43. The number of aliphatic imine (C=N–C) groups is 2. The van der Waals surface area contributed by atoms with Crippen LogP contribution in [-0.4, -0.2) is 35.2 Å². The van der Waals surface area contributed by atoms with Gasteiger partial charge in [-0.25, -0.2) is 4.99 Å². The molecule has 0 bridgehead atoms. The molecular formula is C14H19ClN8O. The Labute approximate surface area is 143 Å². The van der Waals surface area contributed by atoms with E-state index in [9.17, 15) is 4.79 Å². The van der Waals surface area contributed by atoms with Gasteiger partial charge in [-0.3, -0.25) is 14.7 Å². The van der Waals surface area contributed by atoms with Crippen molar-refractivity contribution in [1.82, 2.24) is 4.90 Å². The van der Waals surface area contributed by atoms with Gasteiger partial charge >= 0.3 is 0 Å². The van der Waals surface area contributed by atoms with E-state index in [-0.39, 0.29) is 22.6 Å². The topological polar surface area (TPSA) is 175 Å². The van der Waals surface area contributed by atoms with Crippen LogP contribution < -0.4 is 28.7 Å². The number of amides is 1. The molecule has 10 N–H and O–H groups in total. The van der Waals surface area contributed by atoms with Gasteiger partial charge in [0.15, 0.2) is 11.1 Å². The van der Waals surface area contributed by atoms with Crippen molar-refractivity contribution in [3.05, 3.63) is 40.8 Å². The summed E-state index contributed by atoms with van der Waals surface area (Å²) >= 11 is 5.89. The quantitative estimate of drug-likeness (QED) is 0.201. The molecule has 0 saturated heterocycles. The van der Waals surface area contributed by atoms with Crippen molar-refractivity contribution in [2.24, 2.45) is 32.9 Å². The van der Waals surface area contributed by atoms with Crippen molar-refractivity contribution in [2.45, 2.75) is 12.6 Å². The molecule has 1 aliphatic rings. The lowest BCUT2D eigenvalue weighted by atomic mass is 10.1. The number of guanidine groups is 1. The largest absolute Gasteiger partial charge is 0.399 e. The molecule has 1 amide bonds. The highest BCUT2D eigenvalue weighted by Crippen LogP contribution is 2.19. The molecule has 0 spiro atoms. The first-order valence-corrected chi connectivity index (χ1v) is 7.42. The number of nitrogens with zero attached hydrogens (tertiary/aromatic N) is 3. The van der Waals surface area contributed by atoms with Crippen molar-refractivity contribution in [2.75, 3.05) is 12.3 Å². The van der Waals surface area contributed by atoms with Crippen molar-refractivity contribution in [3.8, 4) is 0 Å². The summed E-state index contributed by atoms with van der Waals surface area (Å²) in [6, 6.07) is 7.41. The van der Waals surface area contributed by atoms with Crippen molar-refractivity contribution >= 4 is 34.9 Å². The standard InChI is InChI=1S/C14H19ClN8O/c15-10-12(18)23(11(17)9(22-10)13(19)24)14(20)21-6-5-7-1-3-8(16)4-2-7/h1-4,11H,5-6,16-18H2,(H2,19,24)(H2,20,21). The van der Waals surface area contributed by atoms with Gasteiger partial charge in [-0.2, -0.15) is 0 Å². The first-order chi connectivity index (χ1) is 11.3. The molecule has 1 atom stereocenters. The zero-order valence-electron chi connectivity index (χ0n) is 12.8. The molecule has 1 aromatic rings. The molecule has 10 heteroatoms. The number of halogens is 1. The molecular weight excluding hydrogens is 332 g/mol. The van der Waals surface area contributed by atoms with Gasteiger partial charge in [-0.05, 0) is 24.1 Å². The fourth-order valence-corrected chi connectivity index (χ4v) is 2.31. The van der Waals surface area contributed by atoms with E-state index in [1.165, 1.54) is 4.90 Å². The Bertz CT molecular complexity index is 725. The first kappa shape index (κ1) is 17.6. The summed E-state index contributed by atoms with van der Waals surface area (Å²) in [4.78, 5) is 20.6. The minimum absolute atomic E-state index is 0.00269. The molecule has 0 aromatic heterocycles. The molecule has 9 nitrogen and oxygen atoms in total. The third-order valence-electron chi connectivity index (χ3n) is 3.40. The van der Waals surface area contributed by atoms with Crippen molar-refractivity contribution in [1.29, 1.82) is 0 Å². The van der Waals surface area contributed by atoms with Crippen molar-refractivity contribution < 1.29 is 4.79 Å². The summed E-state index contributed by atoms with van der Waals surface area (Å²) in [7, 11) is 0. The second-order valence-corrected chi connectivity index (χ2v) is 5.44. The molecule has 0 saturated carbocycles. The maximum Gasteiger partial charge on any atom is 0.266 e. The van der Waals surface area contributed by atoms with Gasteiger partial charge in [0.1, 0.15) is 17.7 Å². The van der Waals surface area contributed by atoms with Gasteiger partial charge in [0, 0.05) is 12.2 Å². The Morgan fingerprint density at radius 2 is 1.88 bits per heavy atom. The van der Waals surface area contributed by atoms with Crippen LogP contribution >= 0.6 is 11.6 Å². The van der Waals surface area contributed by atoms with Crippen LogP contribution in [-0.2, 0) is 11.2 Å². The number of hydrogen-bond donors (Lipinski definition) is 5. The van der Waals surface area contributed by atoms with E-state index in [4.69, 9.17) is 40.3 Å². The molecule has 1 aromatic carbocycles. The first-order valence-electron chi connectivity index (χ1n) is 7.04. The zero-order valence-corrected chi connectivity index (χ0v) is 13.6. The Balaban J connectivity index is 2.12. The van der Waals surface area contributed by atoms with Crippen LogP contribution in [0.1, 0.15) is 5.56 Å². The van der Waals surface area contributed by atoms with Gasteiger partial charge in [0.25, 0.3) is 5.91 Å². The predicted octanol–water partition coefficient (Wildman–Crippen LogP) is -1.02. The summed E-state index contributed by atoms with van der Waals surface area (Å²) < 4.78 is 0. The van der Waals surface area contributed by atoms with Crippen LogP contribution in [0.2, 0.25) is 0 Å². The van der Waals surface area contributed by atoms with E-state index in [2.05, 4.69) is 9.98 Å². The molecule has 0 fully saturated rings. The predicted molar refractivity (Wildman–Crippen MR) is 94.6 cm³/mol. The normalized spacial score (nSPS) is 18.6. The van der Waals surface area contributed by atoms with Gasteiger partial charge in [-0.1, -0.05) is 23.7 Å². The van der Waals surface area contributed by atoms with E-state index in [0.717, 1.165) is 5.56 Å². The number of carbonyl (C=O) groups is 1. The summed E-state index contributed by atoms with van der Waals surface area (Å²) in [6.45, 7) is 0.382. The van der Waals surface area contributed by atoms with E-state index in [1.807, 2.05) is 12.1 Å². The Kier molecular flexibility index (Phi) is 5.27. The number of primary amides is 1. The summed E-state index contributed by atoms with van der Waals surface area (Å²) in [6.07, 6.45) is -0.414. The summed E-state index contributed by atoms with van der Waals surface area (Å²) in [5.41, 5.74) is 30.1. The second kappa shape index (κ2) is 7.20. The maximum atomic E-state index is 11.4. The fourth-order valence-electron chi connectivity index (χ4n) is 2.13. The van der Waals surface area contributed by atoms with Crippen LogP contribution in [0.4, 0.5) is 5.69 Å². The summed E-state index contributed by atoms with van der Waals surface area (Å²) in [5, 5.41) is -0.123. The zero-order chi connectivity index (χ0) is 17.9. The molecule has 0 radical (unpaired) electrons. The highest BCUT2D eigenvalue weighted by Gasteiger charge is 2.32. The van der Waals surface area contributed by atoms with Crippen molar-refractivity contribution in [3.63, 3.8) is 0 Å². The van der Waals surface area contributed by atoms with E-state index in [1.54, 1.807) is 12.1 Å². The number of nitrogens with two attached hydrogens (primary N) is 5. The molecule has 1 heterocycles. The molecule has 1 aliphatic heterocycles. The highest BCUT2D eigenvalue weighted by atomic mass is 35.5. The third kappa shape index (κ3) is 3.76. The van der Waals surface area contributed by atoms with E-state index >= 15 is 0 Å². The molecule has 2 rings (SSSR count). The lowest BCUT2D eigenvalue weighted by molar-refractivity contribution is -0.112. The molecule has 0 aliphatic carbocycles. The number of hydrogen-bond acceptors (Lipinski definition) is 6. The van der Waals surface area contributed by atoms with Crippen LogP contribution in [0.25, 0.3) is 0 Å². The number of carbonyl (C=O) groups excluding carboxylic acids is 1.